The van der Waals surface area contributed by atoms with Gasteiger partial charge in [-0.3, -0.25) is 14.6 Å². The van der Waals surface area contributed by atoms with E-state index in [1.165, 1.54) is 0 Å². The first kappa shape index (κ1) is 19.0. The maximum atomic E-state index is 12.3. The summed E-state index contributed by atoms with van der Waals surface area (Å²) in [6.07, 6.45) is 0. The smallest absolute Gasteiger partial charge is 0.270 e. The predicted octanol–water partition coefficient (Wildman–Crippen LogP) is -0.112. The van der Waals surface area contributed by atoms with Gasteiger partial charge in [0.25, 0.3) is 5.91 Å². The zero-order valence-corrected chi connectivity index (χ0v) is 15.3. The Labute approximate surface area is 154 Å². The number of nitrogens with zero attached hydrogens (tertiary/aromatic N) is 3. The third-order valence-corrected chi connectivity index (χ3v) is 4.64. The number of anilines is 1. The van der Waals surface area contributed by atoms with Crippen LogP contribution in [0.25, 0.3) is 0 Å². The van der Waals surface area contributed by atoms with Crippen molar-refractivity contribution < 1.29 is 14.3 Å². The molecule has 0 spiro atoms. The number of carbonyl (C=O) groups excluding carboxylic acids is 1. The third-order valence-electron chi connectivity index (χ3n) is 4.64. The Hall–Kier alpha value is -1.74. The summed E-state index contributed by atoms with van der Waals surface area (Å²) in [5, 5.41) is 6.25. The van der Waals surface area contributed by atoms with E-state index in [1.54, 1.807) is 6.07 Å². The number of pyridine rings is 1. The second-order valence-corrected chi connectivity index (χ2v) is 6.50. The molecule has 8 nitrogen and oxygen atoms in total. The molecule has 2 aliphatic rings. The normalized spacial score (nSPS) is 19.2. The Bertz CT molecular complexity index is 560. The largest absolute Gasteiger partial charge is 0.379 e. The predicted molar refractivity (Wildman–Crippen MR) is 99.6 cm³/mol. The van der Waals surface area contributed by atoms with E-state index in [4.69, 9.17) is 9.47 Å². The van der Waals surface area contributed by atoms with Gasteiger partial charge in [-0.25, -0.2) is 4.98 Å². The highest BCUT2D eigenvalue weighted by Crippen LogP contribution is 2.05. The van der Waals surface area contributed by atoms with Crippen molar-refractivity contribution in [2.75, 3.05) is 84.1 Å². The summed E-state index contributed by atoms with van der Waals surface area (Å²) in [7, 11) is 0. The number of carbonyl (C=O) groups is 1. The number of morpholine rings is 2. The van der Waals surface area contributed by atoms with E-state index < -0.39 is 0 Å². The fraction of sp³-hybridized carbons (Fsp3) is 0.667. The van der Waals surface area contributed by atoms with E-state index in [1.807, 2.05) is 12.1 Å². The van der Waals surface area contributed by atoms with Crippen LogP contribution in [0.1, 0.15) is 10.5 Å². The molecule has 1 aromatic heterocycles. The van der Waals surface area contributed by atoms with Gasteiger partial charge < -0.3 is 20.1 Å². The van der Waals surface area contributed by atoms with Crippen molar-refractivity contribution in [2.24, 2.45) is 0 Å². The van der Waals surface area contributed by atoms with E-state index in [0.717, 1.165) is 78.1 Å². The first-order valence-electron chi connectivity index (χ1n) is 9.40. The maximum absolute atomic E-state index is 12.3. The van der Waals surface area contributed by atoms with Gasteiger partial charge in [0.05, 0.1) is 26.4 Å². The SMILES string of the molecule is O=C(NCCN1CCOCC1)c1cccc(NCCN2CCOCC2)n1. The molecule has 2 aliphatic heterocycles. The molecule has 0 radical (unpaired) electrons. The van der Waals surface area contributed by atoms with Crippen molar-refractivity contribution in [3.8, 4) is 0 Å². The molecule has 0 aromatic carbocycles. The van der Waals surface area contributed by atoms with Crippen LogP contribution in [0.15, 0.2) is 18.2 Å². The molecule has 1 amide bonds. The molecule has 26 heavy (non-hydrogen) atoms. The highest BCUT2D eigenvalue weighted by Gasteiger charge is 2.12. The van der Waals surface area contributed by atoms with E-state index in [-0.39, 0.29) is 5.91 Å². The monoisotopic (exact) mass is 363 g/mol. The van der Waals surface area contributed by atoms with Crippen LogP contribution in [0.2, 0.25) is 0 Å². The van der Waals surface area contributed by atoms with Crippen molar-refractivity contribution in [2.45, 2.75) is 0 Å². The average Bonchev–Trinajstić information content (AvgIpc) is 2.70. The van der Waals surface area contributed by atoms with Crippen LogP contribution in [0, 0.1) is 0 Å². The standard InChI is InChI=1S/C18H29N5O3/c24-18(20-5-7-23-10-14-26-15-11-23)16-2-1-3-17(21-16)19-4-6-22-8-12-25-13-9-22/h1-3H,4-15H2,(H,19,21)(H,20,24). The number of ether oxygens (including phenoxy) is 2. The molecule has 2 N–H and O–H groups in total. The summed E-state index contributed by atoms with van der Waals surface area (Å²) in [5.74, 6) is 0.606. The summed E-state index contributed by atoms with van der Waals surface area (Å²) >= 11 is 0. The summed E-state index contributed by atoms with van der Waals surface area (Å²) < 4.78 is 10.7. The van der Waals surface area contributed by atoms with E-state index >= 15 is 0 Å². The molecule has 0 unspecified atom stereocenters. The van der Waals surface area contributed by atoms with Gasteiger partial charge in [0.1, 0.15) is 11.5 Å². The number of nitrogens with one attached hydrogen (secondary N) is 2. The summed E-state index contributed by atoms with van der Waals surface area (Å²) in [4.78, 5) is 21.4. The van der Waals surface area contributed by atoms with Crippen LogP contribution in [0.4, 0.5) is 5.82 Å². The molecule has 0 bridgehead atoms. The number of hydrogen-bond acceptors (Lipinski definition) is 7. The number of aromatic nitrogens is 1. The summed E-state index contributed by atoms with van der Waals surface area (Å²) in [5.41, 5.74) is 0.448. The first-order valence-corrected chi connectivity index (χ1v) is 9.40. The molecule has 0 aliphatic carbocycles. The fourth-order valence-corrected chi connectivity index (χ4v) is 3.07. The summed E-state index contributed by atoms with van der Waals surface area (Å²) in [6, 6.07) is 5.50. The van der Waals surface area contributed by atoms with Gasteiger partial charge in [-0.2, -0.15) is 0 Å². The zero-order chi connectivity index (χ0) is 18.0. The Morgan fingerprint density at radius 3 is 2.23 bits per heavy atom. The average molecular weight is 363 g/mol. The van der Waals surface area contributed by atoms with Crippen LogP contribution in [-0.2, 0) is 9.47 Å². The molecule has 3 heterocycles. The van der Waals surface area contributed by atoms with E-state index in [2.05, 4.69) is 25.4 Å². The second-order valence-electron chi connectivity index (χ2n) is 6.50. The molecule has 1 aromatic rings. The third kappa shape index (κ3) is 6.21. The highest BCUT2D eigenvalue weighted by atomic mass is 16.5. The second kappa shape index (κ2) is 10.4. The van der Waals surface area contributed by atoms with Gasteiger partial charge >= 0.3 is 0 Å². The van der Waals surface area contributed by atoms with Gasteiger partial charge in [-0.15, -0.1) is 0 Å². The molecule has 144 valence electrons. The van der Waals surface area contributed by atoms with Gasteiger partial charge in [-0.05, 0) is 12.1 Å². The zero-order valence-electron chi connectivity index (χ0n) is 15.3. The highest BCUT2D eigenvalue weighted by molar-refractivity contribution is 5.92. The van der Waals surface area contributed by atoms with Crippen molar-refractivity contribution in [3.05, 3.63) is 23.9 Å². The van der Waals surface area contributed by atoms with Gasteiger partial charge in [0.2, 0.25) is 0 Å². The Morgan fingerprint density at radius 1 is 0.962 bits per heavy atom. The van der Waals surface area contributed by atoms with Crippen LogP contribution in [0.5, 0.6) is 0 Å². The van der Waals surface area contributed by atoms with Crippen molar-refractivity contribution in [3.63, 3.8) is 0 Å². The molecular weight excluding hydrogens is 334 g/mol. The van der Waals surface area contributed by atoms with Gasteiger partial charge in [0.15, 0.2) is 0 Å². The van der Waals surface area contributed by atoms with E-state index in [0.29, 0.717) is 12.2 Å². The minimum absolute atomic E-state index is 0.130. The van der Waals surface area contributed by atoms with Crippen LogP contribution in [-0.4, -0.2) is 99.5 Å². The number of rotatable bonds is 8. The Balaban J connectivity index is 1.38. The summed E-state index contributed by atoms with van der Waals surface area (Å²) in [6.45, 7) is 10.2. The minimum atomic E-state index is -0.130. The quantitative estimate of drug-likeness (QED) is 0.667. The van der Waals surface area contributed by atoms with Crippen molar-refractivity contribution in [1.29, 1.82) is 0 Å². The topological polar surface area (TPSA) is 79.0 Å². The van der Waals surface area contributed by atoms with Crippen molar-refractivity contribution in [1.82, 2.24) is 20.1 Å². The Kier molecular flexibility index (Phi) is 7.63. The van der Waals surface area contributed by atoms with Gasteiger partial charge in [-0.1, -0.05) is 6.07 Å². The van der Waals surface area contributed by atoms with Crippen LogP contribution >= 0.6 is 0 Å². The minimum Gasteiger partial charge on any atom is -0.379 e. The van der Waals surface area contributed by atoms with E-state index in [9.17, 15) is 4.79 Å². The van der Waals surface area contributed by atoms with Crippen LogP contribution in [0.3, 0.4) is 0 Å². The molecular formula is C18H29N5O3. The fourth-order valence-electron chi connectivity index (χ4n) is 3.07. The molecule has 8 heteroatoms. The molecule has 2 fully saturated rings. The van der Waals surface area contributed by atoms with Crippen molar-refractivity contribution >= 4 is 11.7 Å². The maximum Gasteiger partial charge on any atom is 0.270 e. The van der Waals surface area contributed by atoms with Gasteiger partial charge in [0, 0.05) is 52.4 Å². The lowest BCUT2D eigenvalue weighted by molar-refractivity contribution is 0.0383. The lowest BCUT2D eigenvalue weighted by atomic mass is 10.3. The van der Waals surface area contributed by atoms with Crippen LogP contribution < -0.4 is 10.6 Å². The number of hydrogen-bond donors (Lipinski definition) is 2. The number of amides is 1. The lowest BCUT2D eigenvalue weighted by Crippen LogP contribution is -2.41. The molecule has 0 saturated carbocycles. The lowest BCUT2D eigenvalue weighted by Gasteiger charge is -2.26. The molecule has 0 atom stereocenters. The molecule has 3 rings (SSSR count). The Morgan fingerprint density at radius 2 is 1.58 bits per heavy atom. The molecule has 2 saturated heterocycles. The first-order chi connectivity index (χ1) is 12.8.